The molecule has 7 nitrogen and oxygen atoms in total. The number of aromatic nitrogens is 3. The maximum atomic E-state index is 12.7. The van der Waals surface area contributed by atoms with Crippen molar-refractivity contribution in [3.05, 3.63) is 30.1 Å². The molecule has 29 heavy (non-hydrogen) atoms. The lowest BCUT2D eigenvalue weighted by molar-refractivity contribution is -0.115. The van der Waals surface area contributed by atoms with E-state index >= 15 is 0 Å². The third kappa shape index (κ3) is 4.28. The van der Waals surface area contributed by atoms with Gasteiger partial charge in [-0.25, -0.2) is 0 Å². The summed E-state index contributed by atoms with van der Waals surface area (Å²) in [6.45, 7) is 5.28. The molecule has 3 aliphatic rings. The molecule has 0 spiro atoms. The number of carbonyl (C=O) groups is 1. The number of thioether (sulfide) groups is 1. The summed E-state index contributed by atoms with van der Waals surface area (Å²) >= 11 is 1.51. The van der Waals surface area contributed by atoms with Crippen molar-refractivity contribution < 1.29 is 9.53 Å². The summed E-state index contributed by atoms with van der Waals surface area (Å²) in [5.74, 6) is 1.69. The van der Waals surface area contributed by atoms with Gasteiger partial charge in [-0.15, -0.1) is 10.2 Å². The Bertz CT molecular complexity index is 870. The van der Waals surface area contributed by atoms with Crippen LogP contribution >= 0.6 is 11.8 Å². The van der Waals surface area contributed by atoms with Gasteiger partial charge in [0.05, 0.1) is 18.5 Å². The van der Waals surface area contributed by atoms with Crippen LogP contribution in [0.15, 0.2) is 29.4 Å². The van der Waals surface area contributed by atoms with Crippen molar-refractivity contribution in [2.75, 3.05) is 36.5 Å². The van der Waals surface area contributed by atoms with Crippen molar-refractivity contribution in [3.8, 4) is 0 Å². The number of benzene rings is 1. The largest absolute Gasteiger partial charge is 0.378 e. The molecule has 3 fully saturated rings. The van der Waals surface area contributed by atoms with Gasteiger partial charge < -0.3 is 19.5 Å². The molecule has 1 N–H and O–H groups in total. The molecule has 2 aliphatic carbocycles. The van der Waals surface area contributed by atoms with Crippen LogP contribution in [-0.2, 0) is 9.53 Å². The fraction of sp³-hybridized carbons (Fsp3) is 0.571. The number of hydrogen-bond donors (Lipinski definition) is 1. The van der Waals surface area contributed by atoms with Crippen LogP contribution in [0, 0.1) is 0 Å². The Labute approximate surface area is 175 Å². The average molecular weight is 414 g/mol. The average Bonchev–Trinajstić information content (AvgIpc) is 3.68. The molecule has 1 amide bonds. The smallest absolute Gasteiger partial charge is 0.237 e. The van der Waals surface area contributed by atoms with E-state index in [1.807, 2.05) is 19.1 Å². The van der Waals surface area contributed by atoms with Crippen molar-refractivity contribution in [1.82, 2.24) is 14.8 Å². The molecule has 0 bridgehead atoms. The summed E-state index contributed by atoms with van der Waals surface area (Å²) in [6, 6.07) is 8.59. The van der Waals surface area contributed by atoms with Crippen LogP contribution < -0.4 is 10.2 Å². The molecule has 1 unspecified atom stereocenters. The van der Waals surface area contributed by atoms with Crippen LogP contribution in [-0.4, -0.2) is 52.2 Å². The number of hydrogen-bond acceptors (Lipinski definition) is 6. The summed E-state index contributed by atoms with van der Waals surface area (Å²) in [7, 11) is 0. The van der Waals surface area contributed by atoms with Crippen molar-refractivity contribution in [2.45, 2.75) is 55.0 Å². The second-order valence-corrected chi connectivity index (χ2v) is 9.42. The van der Waals surface area contributed by atoms with E-state index in [2.05, 4.69) is 37.1 Å². The molecule has 5 rings (SSSR count). The summed E-state index contributed by atoms with van der Waals surface area (Å²) in [6.07, 6.45) is 4.82. The number of rotatable bonds is 7. The van der Waals surface area contributed by atoms with Gasteiger partial charge in [-0.05, 0) is 56.9 Å². The Morgan fingerprint density at radius 1 is 1.14 bits per heavy atom. The van der Waals surface area contributed by atoms with Gasteiger partial charge in [0.25, 0.3) is 0 Å². The molecule has 0 radical (unpaired) electrons. The van der Waals surface area contributed by atoms with Gasteiger partial charge in [0, 0.05) is 36.4 Å². The van der Waals surface area contributed by atoms with E-state index in [1.165, 1.54) is 43.1 Å². The zero-order valence-corrected chi connectivity index (χ0v) is 17.5. The molecule has 1 atom stereocenters. The number of morpholine rings is 1. The van der Waals surface area contributed by atoms with Crippen molar-refractivity contribution >= 4 is 29.0 Å². The Morgan fingerprint density at radius 2 is 1.86 bits per heavy atom. The number of ether oxygens (including phenoxy) is 1. The molecule has 154 valence electrons. The minimum Gasteiger partial charge on any atom is -0.378 e. The predicted octanol–water partition coefficient (Wildman–Crippen LogP) is 3.45. The van der Waals surface area contributed by atoms with E-state index in [4.69, 9.17) is 4.74 Å². The SMILES string of the molecule is CC(Sc1nnc(C2CC2)n1C1CC1)C(=O)Nc1ccc(N2CCOCC2)cc1. The van der Waals surface area contributed by atoms with Crippen LogP contribution in [0.4, 0.5) is 11.4 Å². The third-order valence-corrected chi connectivity index (χ3v) is 6.76. The first-order valence-corrected chi connectivity index (χ1v) is 11.4. The topological polar surface area (TPSA) is 72.3 Å². The first-order valence-electron chi connectivity index (χ1n) is 10.5. The Kier molecular flexibility index (Phi) is 5.22. The molecule has 1 saturated heterocycles. The molecule has 2 saturated carbocycles. The highest BCUT2D eigenvalue weighted by Crippen LogP contribution is 2.46. The maximum absolute atomic E-state index is 12.7. The van der Waals surface area contributed by atoms with Gasteiger partial charge in [0.15, 0.2) is 5.16 Å². The standard InChI is InChI=1S/C21H27N5O2S/c1-14(29-21-24-23-19(15-2-3-15)26(21)18-8-9-18)20(27)22-16-4-6-17(7-5-16)25-10-12-28-13-11-25/h4-7,14-15,18H,2-3,8-13H2,1H3,(H,22,27). The van der Waals surface area contributed by atoms with Crippen molar-refractivity contribution in [3.63, 3.8) is 0 Å². The van der Waals surface area contributed by atoms with Crippen LogP contribution in [0.2, 0.25) is 0 Å². The summed E-state index contributed by atoms with van der Waals surface area (Å²) in [4.78, 5) is 15.0. The van der Waals surface area contributed by atoms with Crippen molar-refractivity contribution in [2.24, 2.45) is 0 Å². The van der Waals surface area contributed by atoms with Gasteiger partial charge in [0.2, 0.25) is 5.91 Å². The van der Waals surface area contributed by atoms with Gasteiger partial charge in [-0.2, -0.15) is 0 Å². The number of amides is 1. The first kappa shape index (κ1) is 18.9. The molecule has 1 aliphatic heterocycles. The molecule has 1 aromatic carbocycles. The van der Waals surface area contributed by atoms with E-state index in [-0.39, 0.29) is 11.2 Å². The van der Waals surface area contributed by atoms with Crippen LogP contribution in [0.25, 0.3) is 0 Å². The van der Waals surface area contributed by atoms with Crippen molar-refractivity contribution in [1.29, 1.82) is 0 Å². The maximum Gasteiger partial charge on any atom is 0.237 e. The van der Waals surface area contributed by atoms with E-state index in [0.29, 0.717) is 12.0 Å². The van der Waals surface area contributed by atoms with Gasteiger partial charge in [0.1, 0.15) is 5.82 Å². The molecular formula is C21H27N5O2S. The normalized spacial score (nSPS) is 20.5. The lowest BCUT2D eigenvalue weighted by atomic mass is 10.2. The Hall–Kier alpha value is -2.06. The summed E-state index contributed by atoms with van der Waals surface area (Å²) in [5, 5.41) is 12.5. The Balaban J connectivity index is 1.21. The minimum atomic E-state index is -0.234. The molecule has 2 heterocycles. The third-order valence-electron chi connectivity index (χ3n) is 5.71. The Morgan fingerprint density at radius 3 is 2.52 bits per heavy atom. The summed E-state index contributed by atoms with van der Waals surface area (Å²) in [5.41, 5.74) is 1.99. The number of nitrogens with one attached hydrogen (secondary N) is 1. The second-order valence-electron chi connectivity index (χ2n) is 8.11. The zero-order chi connectivity index (χ0) is 19.8. The predicted molar refractivity (Wildman–Crippen MR) is 114 cm³/mol. The van der Waals surface area contributed by atoms with Crippen LogP contribution in [0.1, 0.15) is 50.4 Å². The van der Waals surface area contributed by atoms with E-state index in [0.717, 1.165) is 43.0 Å². The van der Waals surface area contributed by atoms with Gasteiger partial charge >= 0.3 is 0 Å². The number of carbonyl (C=O) groups excluding carboxylic acids is 1. The fourth-order valence-corrected chi connectivity index (χ4v) is 4.62. The van der Waals surface area contributed by atoms with E-state index in [9.17, 15) is 4.79 Å². The van der Waals surface area contributed by atoms with Crippen LogP contribution in [0.5, 0.6) is 0 Å². The monoisotopic (exact) mass is 413 g/mol. The molecular weight excluding hydrogens is 386 g/mol. The molecule has 1 aromatic heterocycles. The number of anilines is 2. The highest BCUT2D eigenvalue weighted by Gasteiger charge is 2.37. The van der Waals surface area contributed by atoms with Gasteiger partial charge in [-0.1, -0.05) is 11.8 Å². The lowest BCUT2D eigenvalue weighted by Gasteiger charge is -2.28. The quantitative estimate of drug-likeness (QED) is 0.701. The van der Waals surface area contributed by atoms with E-state index in [1.54, 1.807) is 0 Å². The lowest BCUT2D eigenvalue weighted by Crippen LogP contribution is -2.36. The van der Waals surface area contributed by atoms with Gasteiger partial charge in [-0.3, -0.25) is 4.79 Å². The fourth-order valence-electron chi connectivity index (χ4n) is 3.70. The number of nitrogens with zero attached hydrogens (tertiary/aromatic N) is 4. The molecule has 2 aromatic rings. The highest BCUT2D eigenvalue weighted by atomic mass is 32.2. The minimum absolute atomic E-state index is 0.00700. The summed E-state index contributed by atoms with van der Waals surface area (Å²) < 4.78 is 7.70. The first-order chi connectivity index (χ1) is 14.2. The molecule has 8 heteroatoms. The van der Waals surface area contributed by atoms with E-state index < -0.39 is 0 Å². The second kappa shape index (κ2) is 7.99. The van der Waals surface area contributed by atoms with Crippen LogP contribution in [0.3, 0.4) is 0 Å². The highest BCUT2D eigenvalue weighted by molar-refractivity contribution is 8.00. The zero-order valence-electron chi connectivity index (χ0n) is 16.7.